The first kappa shape index (κ1) is 21.9. The molecule has 1 aliphatic rings. The van der Waals surface area contributed by atoms with E-state index in [1.54, 1.807) is 42.5 Å². The van der Waals surface area contributed by atoms with Crippen LogP contribution in [0.5, 0.6) is 11.5 Å². The summed E-state index contributed by atoms with van der Waals surface area (Å²) in [6.07, 6.45) is 2.48. The number of rotatable bonds is 7. The molecule has 9 nitrogen and oxygen atoms in total. The summed E-state index contributed by atoms with van der Waals surface area (Å²) in [5.74, 6) is 0.941. The predicted molar refractivity (Wildman–Crippen MR) is 115 cm³/mol. The maximum Gasteiger partial charge on any atom is 0.247 e. The second kappa shape index (κ2) is 8.15. The number of nitrogens with zero attached hydrogens (tertiary/aromatic N) is 2. The minimum atomic E-state index is -3.66. The number of sulfonamides is 2. The quantitative estimate of drug-likeness (QED) is 0.687. The summed E-state index contributed by atoms with van der Waals surface area (Å²) in [6.45, 7) is 0. The van der Waals surface area contributed by atoms with Crippen LogP contribution in [-0.4, -0.2) is 53.7 Å². The minimum Gasteiger partial charge on any atom is -0.493 e. The largest absolute Gasteiger partial charge is 0.493 e. The zero-order chi connectivity index (χ0) is 22.1. The van der Waals surface area contributed by atoms with E-state index in [1.165, 1.54) is 14.2 Å². The molecule has 0 aromatic heterocycles. The highest BCUT2D eigenvalue weighted by molar-refractivity contribution is 7.92. The van der Waals surface area contributed by atoms with Crippen molar-refractivity contribution >= 4 is 31.4 Å². The number of hydrogen-bond acceptors (Lipinski definition) is 7. The van der Waals surface area contributed by atoms with E-state index in [-0.39, 0.29) is 0 Å². The van der Waals surface area contributed by atoms with Crippen LogP contribution in [0.3, 0.4) is 0 Å². The Morgan fingerprint density at radius 1 is 1.00 bits per heavy atom. The molecule has 0 amide bonds. The molecule has 30 heavy (non-hydrogen) atoms. The van der Waals surface area contributed by atoms with Gasteiger partial charge in [0, 0.05) is 17.7 Å². The van der Waals surface area contributed by atoms with Crippen molar-refractivity contribution in [3.63, 3.8) is 0 Å². The van der Waals surface area contributed by atoms with Crippen LogP contribution in [0.15, 0.2) is 47.6 Å². The van der Waals surface area contributed by atoms with Crippen molar-refractivity contribution in [1.82, 2.24) is 4.41 Å². The molecule has 0 radical (unpaired) electrons. The summed E-state index contributed by atoms with van der Waals surface area (Å²) < 4.78 is 61.9. The maximum absolute atomic E-state index is 12.4. The van der Waals surface area contributed by atoms with Gasteiger partial charge in [-0.15, -0.1) is 0 Å². The van der Waals surface area contributed by atoms with Crippen molar-refractivity contribution in [3.05, 3.63) is 53.6 Å². The average Bonchev–Trinajstić information content (AvgIpc) is 3.12. The van der Waals surface area contributed by atoms with Crippen molar-refractivity contribution in [3.8, 4) is 11.5 Å². The van der Waals surface area contributed by atoms with E-state index in [0.717, 1.165) is 16.9 Å². The van der Waals surface area contributed by atoms with Crippen molar-refractivity contribution in [2.24, 2.45) is 5.10 Å². The van der Waals surface area contributed by atoms with Gasteiger partial charge in [0.25, 0.3) is 0 Å². The molecule has 0 saturated heterocycles. The van der Waals surface area contributed by atoms with Gasteiger partial charge in [-0.3, -0.25) is 4.72 Å². The third kappa shape index (κ3) is 4.68. The number of ether oxygens (including phenoxy) is 2. The first-order valence-electron chi connectivity index (χ1n) is 8.89. The van der Waals surface area contributed by atoms with Crippen LogP contribution in [0.2, 0.25) is 0 Å². The summed E-state index contributed by atoms with van der Waals surface area (Å²) in [7, 11) is -4.04. The fourth-order valence-electron chi connectivity index (χ4n) is 3.32. The van der Waals surface area contributed by atoms with E-state index in [4.69, 9.17) is 9.47 Å². The normalized spacial score (nSPS) is 16.9. The number of hydrogen-bond donors (Lipinski definition) is 1. The van der Waals surface area contributed by atoms with Crippen molar-refractivity contribution < 1.29 is 26.3 Å². The number of hydrazone groups is 1. The molecule has 162 valence electrons. The first-order chi connectivity index (χ1) is 14.0. The van der Waals surface area contributed by atoms with Gasteiger partial charge in [-0.25, -0.2) is 16.8 Å². The van der Waals surface area contributed by atoms with E-state index >= 15 is 0 Å². The number of benzene rings is 2. The second-order valence-electron chi connectivity index (χ2n) is 6.84. The molecule has 0 spiro atoms. The molecule has 0 bridgehead atoms. The van der Waals surface area contributed by atoms with Gasteiger partial charge in [0.1, 0.15) is 0 Å². The lowest BCUT2D eigenvalue weighted by Gasteiger charge is -2.23. The topological polar surface area (TPSA) is 114 Å². The summed E-state index contributed by atoms with van der Waals surface area (Å²) in [4.78, 5) is 0. The molecule has 0 aliphatic carbocycles. The van der Waals surface area contributed by atoms with Crippen LogP contribution in [0, 0.1) is 0 Å². The molecule has 1 atom stereocenters. The summed E-state index contributed by atoms with van der Waals surface area (Å²) in [5.41, 5.74) is 2.29. The van der Waals surface area contributed by atoms with Gasteiger partial charge in [-0.1, -0.05) is 24.3 Å². The lowest BCUT2D eigenvalue weighted by Crippen LogP contribution is -2.26. The van der Waals surface area contributed by atoms with E-state index in [0.29, 0.717) is 40.4 Å². The smallest absolute Gasteiger partial charge is 0.247 e. The van der Waals surface area contributed by atoms with E-state index in [9.17, 15) is 16.8 Å². The Morgan fingerprint density at radius 2 is 1.67 bits per heavy atom. The molecule has 2 aromatic rings. The molecule has 1 N–H and O–H groups in total. The lowest BCUT2D eigenvalue weighted by atomic mass is 9.98. The van der Waals surface area contributed by atoms with Crippen molar-refractivity contribution in [1.29, 1.82) is 0 Å². The van der Waals surface area contributed by atoms with Gasteiger partial charge in [0.05, 0.1) is 38.5 Å². The molecule has 0 fully saturated rings. The SMILES string of the molecule is COc1cccc([C@@H]2CC(c3ccc(NS(C)(=O)=O)cc3)=NN2S(C)(=O)=O)c1OC. The monoisotopic (exact) mass is 453 g/mol. The molecule has 1 aliphatic heterocycles. The van der Waals surface area contributed by atoms with Crippen molar-refractivity contribution in [2.75, 3.05) is 31.5 Å². The average molecular weight is 454 g/mol. The van der Waals surface area contributed by atoms with E-state index < -0.39 is 26.1 Å². The molecule has 0 saturated carbocycles. The van der Waals surface area contributed by atoms with Crippen LogP contribution < -0.4 is 14.2 Å². The van der Waals surface area contributed by atoms with E-state index in [2.05, 4.69) is 9.82 Å². The van der Waals surface area contributed by atoms with Crippen LogP contribution in [-0.2, 0) is 20.0 Å². The minimum absolute atomic E-state index is 0.315. The lowest BCUT2D eigenvalue weighted by molar-refractivity contribution is 0.329. The Hall–Kier alpha value is -2.79. The van der Waals surface area contributed by atoms with Crippen LogP contribution in [0.25, 0.3) is 0 Å². The highest BCUT2D eigenvalue weighted by Gasteiger charge is 2.36. The van der Waals surface area contributed by atoms with Gasteiger partial charge in [-0.2, -0.15) is 9.52 Å². The Balaban J connectivity index is 1.99. The van der Waals surface area contributed by atoms with Crippen LogP contribution in [0.1, 0.15) is 23.6 Å². The summed E-state index contributed by atoms with van der Waals surface area (Å²) in [5, 5.41) is 4.35. The second-order valence-corrected chi connectivity index (χ2v) is 10.4. The first-order valence-corrected chi connectivity index (χ1v) is 12.6. The molecule has 2 aromatic carbocycles. The third-order valence-electron chi connectivity index (χ3n) is 4.53. The number of methoxy groups -OCH3 is 2. The summed E-state index contributed by atoms with van der Waals surface area (Å²) >= 11 is 0. The number of anilines is 1. The Kier molecular flexibility index (Phi) is 5.95. The number of para-hydroxylation sites is 1. The fraction of sp³-hybridized carbons (Fsp3) is 0.316. The van der Waals surface area contributed by atoms with Gasteiger partial charge in [-0.05, 0) is 23.8 Å². The third-order valence-corrected chi connectivity index (χ3v) is 6.15. The zero-order valence-electron chi connectivity index (χ0n) is 17.0. The van der Waals surface area contributed by atoms with Gasteiger partial charge in [0.15, 0.2) is 11.5 Å². The maximum atomic E-state index is 12.4. The van der Waals surface area contributed by atoms with Gasteiger partial charge in [0.2, 0.25) is 20.0 Å². The molecule has 11 heteroatoms. The molecule has 1 heterocycles. The Labute approximate surface area is 176 Å². The standard InChI is InChI=1S/C19H23N3O6S2/c1-27-18-7-5-6-15(19(18)28-2)17-12-16(20-22(17)30(4,25)26)13-8-10-14(11-9-13)21-29(3,23)24/h5-11,17,21H,12H2,1-4H3/t17-/m0/s1. The summed E-state index contributed by atoms with van der Waals surface area (Å²) in [6, 6.07) is 11.3. The van der Waals surface area contributed by atoms with Crippen molar-refractivity contribution in [2.45, 2.75) is 12.5 Å². The van der Waals surface area contributed by atoms with Gasteiger partial charge < -0.3 is 9.47 Å². The molecular formula is C19H23N3O6S2. The molecule has 3 rings (SSSR count). The molecule has 0 unspecified atom stereocenters. The fourth-order valence-corrected chi connectivity index (χ4v) is 4.78. The highest BCUT2D eigenvalue weighted by atomic mass is 32.2. The Bertz CT molecular complexity index is 1180. The van der Waals surface area contributed by atoms with E-state index in [1.807, 2.05) is 0 Å². The van der Waals surface area contributed by atoms with Crippen LogP contribution in [0.4, 0.5) is 5.69 Å². The predicted octanol–water partition coefficient (Wildman–Crippen LogP) is 2.19. The van der Waals surface area contributed by atoms with Crippen LogP contribution >= 0.6 is 0 Å². The number of nitrogens with one attached hydrogen (secondary N) is 1. The zero-order valence-corrected chi connectivity index (χ0v) is 18.6. The Morgan fingerprint density at radius 3 is 2.20 bits per heavy atom. The highest BCUT2D eigenvalue weighted by Crippen LogP contribution is 2.42. The molecular weight excluding hydrogens is 430 g/mol. The van der Waals surface area contributed by atoms with Gasteiger partial charge >= 0.3 is 0 Å².